The molecule has 0 saturated carbocycles. The molecular weight excluding hydrogens is 330 g/mol. The number of anilines is 1. The molecule has 4 rings (SSSR count). The molecule has 132 valence electrons. The van der Waals surface area contributed by atoms with E-state index in [4.69, 9.17) is 4.99 Å². The number of nitrogens with one attached hydrogen (secondary N) is 1. The van der Waals surface area contributed by atoms with E-state index in [0.717, 1.165) is 40.3 Å². The van der Waals surface area contributed by atoms with Crippen LogP contribution in [0.5, 0.6) is 0 Å². The van der Waals surface area contributed by atoms with Gasteiger partial charge in [0.1, 0.15) is 0 Å². The zero-order chi connectivity index (χ0) is 18.6. The molecule has 0 saturated heterocycles. The Kier molecular flexibility index (Phi) is 4.67. The maximum absolute atomic E-state index is 4.78. The summed E-state index contributed by atoms with van der Waals surface area (Å²) in [5, 5.41) is 3.26. The molecule has 0 unspecified atom stereocenters. The average Bonchev–Trinajstić information content (AvgIpc) is 2.68. The predicted molar refractivity (Wildman–Crippen MR) is 116 cm³/mol. The number of aliphatic imine (C=N–C) groups is 2. The Balaban J connectivity index is 1.72. The van der Waals surface area contributed by atoms with E-state index >= 15 is 0 Å². The molecule has 1 aliphatic carbocycles. The maximum Gasteiger partial charge on any atom is 0.154 e. The molecule has 1 N–H and O–H groups in total. The van der Waals surface area contributed by atoms with Crippen LogP contribution in [0.1, 0.15) is 23.1 Å². The molecule has 2 aromatic rings. The molecule has 0 atom stereocenters. The molecule has 0 spiro atoms. The Morgan fingerprint density at radius 2 is 1.85 bits per heavy atom. The fraction of sp³-hybridized carbons (Fsp3) is 0.0833. The fourth-order valence-electron chi connectivity index (χ4n) is 3.13. The van der Waals surface area contributed by atoms with E-state index in [9.17, 15) is 0 Å². The van der Waals surface area contributed by atoms with Gasteiger partial charge in [-0.15, -0.1) is 0 Å². The highest BCUT2D eigenvalue weighted by Gasteiger charge is 2.13. The van der Waals surface area contributed by atoms with Crippen LogP contribution in [0, 0.1) is 0 Å². The van der Waals surface area contributed by atoms with Crippen LogP contribution in [0.4, 0.5) is 5.69 Å². The Bertz CT molecular complexity index is 1030. The molecule has 1 heterocycles. The van der Waals surface area contributed by atoms with Crippen molar-refractivity contribution in [3.05, 3.63) is 107 Å². The van der Waals surface area contributed by atoms with Crippen molar-refractivity contribution >= 4 is 23.2 Å². The minimum absolute atomic E-state index is 0.747. The lowest BCUT2D eigenvalue weighted by Gasteiger charge is -2.14. The maximum atomic E-state index is 4.78. The third kappa shape index (κ3) is 3.58. The summed E-state index contributed by atoms with van der Waals surface area (Å²) in [5.41, 5.74) is 7.65. The topological polar surface area (TPSA) is 36.8 Å². The van der Waals surface area contributed by atoms with Crippen LogP contribution in [0.25, 0.3) is 5.57 Å². The Hall–Kier alpha value is -3.46. The van der Waals surface area contributed by atoms with Crippen molar-refractivity contribution in [1.29, 1.82) is 0 Å². The van der Waals surface area contributed by atoms with Gasteiger partial charge in [-0.2, -0.15) is 0 Å². The first-order chi connectivity index (χ1) is 13.2. The van der Waals surface area contributed by atoms with Crippen molar-refractivity contribution in [3.8, 4) is 0 Å². The van der Waals surface area contributed by atoms with E-state index in [1.165, 1.54) is 11.1 Å². The number of allylic oxidation sites excluding steroid dienone is 6. The summed E-state index contributed by atoms with van der Waals surface area (Å²) in [4.78, 5) is 9.00. The fourth-order valence-corrected chi connectivity index (χ4v) is 3.13. The van der Waals surface area contributed by atoms with Gasteiger partial charge in [0.2, 0.25) is 0 Å². The van der Waals surface area contributed by atoms with Crippen LogP contribution in [0.2, 0.25) is 0 Å². The summed E-state index contributed by atoms with van der Waals surface area (Å²) in [6.45, 7) is 4.00. The molecular formula is C24H21N3. The summed E-state index contributed by atoms with van der Waals surface area (Å²) in [7, 11) is 1.93. The Labute approximate surface area is 159 Å². The monoisotopic (exact) mass is 351 g/mol. The van der Waals surface area contributed by atoms with Gasteiger partial charge in [0.15, 0.2) is 5.82 Å². The lowest BCUT2D eigenvalue weighted by atomic mass is 9.94. The highest BCUT2D eigenvalue weighted by atomic mass is 15.0. The molecule has 27 heavy (non-hydrogen) atoms. The van der Waals surface area contributed by atoms with Crippen molar-refractivity contribution in [2.45, 2.75) is 6.42 Å². The van der Waals surface area contributed by atoms with Crippen LogP contribution in [0.3, 0.4) is 0 Å². The summed E-state index contributed by atoms with van der Waals surface area (Å²) in [5.74, 6) is 0.747. The first-order valence-corrected chi connectivity index (χ1v) is 9.01. The third-order valence-electron chi connectivity index (χ3n) is 4.68. The summed E-state index contributed by atoms with van der Waals surface area (Å²) < 4.78 is 0. The van der Waals surface area contributed by atoms with Crippen molar-refractivity contribution in [2.75, 3.05) is 12.4 Å². The second kappa shape index (κ2) is 7.42. The van der Waals surface area contributed by atoms with E-state index in [1.807, 2.05) is 25.3 Å². The lowest BCUT2D eigenvalue weighted by molar-refractivity contribution is 1.21. The molecule has 0 radical (unpaired) electrons. The SMILES string of the molecule is C=C1C=CC(c2ccc(C(=NC3=CC=N3)c3ccccc3NC)cc2)=CC1. The number of para-hydroxylation sites is 1. The minimum Gasteiger partial charge on any atom is -0.388 e. The highest BCUT2D eigenvalue weighted by Crippen LogP contribution is 2.26. The second-order valence-electron chi connectivity index (χ2n) is 6.49. The Morgan fingerprint density at radius 1 is 1.07 bits per heavy atom. The first-order valence-electron chi connectivity index (χ1n) is 9.01. The van der Waals surface area contributed by atoms with Crippen LogP contribution in [0.15, 0.2) is 101 Å². The van der Waals surface area contributed by atoms with Gasteiger partial charge in [-0.05, 0) is 23.6 Å². The zero-order valence-corrected chi connectivity index (χ0v) is 15.3. The molecule has 3 nitrogen and oxygen atoms in total. The molecule has 1 aliphatic heterocycles. The zero-order valence-electron chi connectivity index (χ0n) is 15.3. The number of hydrogen-bond acceptors (Lipinski definition) is 3. The van der Waals surface area contributed by atoms with E-state index in [0.29, 0.717) is 0 Å². The van der Waals surface area contributed by atoms with Gasteiger partial charge in [0.05, 0.1) is 5.71 Å². The third-order valence-corrected chi connectivity index (χ3v) is 4.68. The lowest BCUT2D eigenvalue weighted by Crippen LogP contribution is -2.08. The van der Waals surface area contributed by atoms with Gasteiger partial charge >= 0.3 is 0 Å². The smallest absolute Gasteiger partial charge is 0.154 e. The van der Waals surface area contributed by atoms with Gasteiger partial charge in [-0.3, -0.25) is 0 Å². The van der Waals surface area contributed by atoms with E-state index < -0.39 is 0 Å². The van der Waals surface area contributed by atoms with Gasteiger partial charge in [0.25, 0.3) is 0 Å². The average molecular weight is 351 g/mol. The van der Waals surface area contributed by atoms with Gasteiger partial charge in [-0.25, -0.2) is 9.98 Å². The normalized spacial score (nSPS) is 15.9. The number of nitrogens with zero attached hydrogens (tertiary/aromatic N) is 2. The molecule has 3 heteroatoms. The first kappa shape index (κ1) is 17.0. The standard InChI is InChI=1S/C24H21N3/c1-17-7-9-18(10-8-17)19-11-13-20(14-12-19)24(27-23-15-16-26-23)21-5-3-4-6-22(21)25-2/h3-7,9-16,25H,1,8H2,2H3. The van der Waals surface area contributed by atoms with Crippen molar-refractivity contribution in [3.63, 3.8) is 0 Å². The van der Waals surface area contributed by atoms with Crippen LogP contribution in [-0.4, -0.2) is 19.0 Å². The van der Waals surface area contributed by atoms with E-state index in [-0.39, 0.29) is 0 Å². The van der Waals surface area contributed by atoms with E-state index in [1.54, 1.807) is 6.21 Å². The van der Waals surface area contributed by atoms with Gasteiger partial charge < -0.3 is 5.32 Å². The molecule has 0 amide bonds. The second-order valence-corrected chi connectivity index (χ2v) is 6.49. The van der Waals surface area contributed by atoms with E-state index in [2.05, 4.69) is 71.5 Å². The molecule has 2 aliphatic rings. The van der Waals surface area contributed by atoms with Crippen LogP contribution >= 0.6 is 0 Å². The number of benzene rings is 2. The molecule has 0 bridgehead atoms. The van der Waals surface area contributed by atoms with Crippen molar-refractivity contribution in [1.82, 2.24) is 0 Å². The van der Waals surface area contributed by atoms with Crippen LogP contribution < -0.4 is 5.32 Å². The van der Waals surface area contributed by atoms with Gasteiger partial charge in [-0.1, -0.05) is 72.8 Å². The quantitative estimate of drug-likeness (QED) is 0.720. The number of rotatable bonds is 5. The predicted octanol–water partition coefficient (Wildman–Crippen LogP) is 5.39. The molecule has 0 aromatic heterocycles. The minimum atomic E-state index is 0.747. The summed E-state index contributed by atoms with van der Waals surface area (Å²) in [6, 6.07) is 16.7. The highest BCUT2D eigenvalue weighted by molar-refractivity contribution is 6.16. The largest absolute Gasteiger partial charge is 0.388 e. The van der Waals surface area contributed by atoms with Crippen molar-refractivity contribution in [2.24, 2.45) is 9.98 Å². The van der Waals surface area contributed by atoms with Gasteiger partial charge in [0, 0.05) is 36.2 Å². The number of hydrogen-bond donors (Lipinski definition) is 1. The summed E-state index contributed by atoms with van der Waals surface area (Å²) in [6.07, 6.45) is 11.0. The Morgan fingerprint density at radius 3 is 2.48 bits per heavy atom. The molecule has 0 fully saturated rings. The van der Waals surface area contributed by atoms with Crippen LogP contribution in [-0.2, 0) is 0 Å². The molecule has 2 aromatic carbocycles. The van der Waals surface area contributed by atoms with Crippen molar-refractivity contribution < 1.29 is 0 Å². The summed E-state index contributed by atoms with van der Waals surface area (Å²) >= 11 is 0.